The fourth-order valence-electron chi connectivity index (χ4n) is 2.40. The molecule has 0 aromatic heterocycles. The monoisotopic (exact) mass is 212 g/mol. The second-order valence-corrected chi connectivity index (χ2v) is 6.19. The van der Waals surface area contributed by atoms with Crippen LogP contribution in [-0.2, 0) is 0 Å². The van der Waals surface area contributed by atoms with Gasteiger partial charge in [-0.15, -0.1) is 0 Å². The summed E-state index contributed by atoms with van der Waals surface area (Å²) in [5.41, 5.74) is 6.29. The van der Waals surface area contributed by atoms with Gasteiger partial charge in [0.2, 0.25) is 0 Å². The van der Waals surface area contributed by atoms with Crippen molar-refractivity contribution in [2.24, 2.45) is 17.1 Å². The van der Waals surface area contributed by atoms with E-state index in [-0.39, 0.29) is 0 Å². The molecule has 2 nitrogen and oxygen atoms in total. The average molecular weight is 212 g/mol. The Morgan fingerprint density at radius 1 is 1.33 bits per heavy atom. The predicted octanol–water partition coefficient (Wildman–Crippen LogP) is 2.48. The van der Waals surface area contributed by atoms with Crippen LogP contribution in [0.5, 0.6) is 0 Å². The molecular weight excluding hydrogens is 184 g/mol. The molecule has 0 spiro atoms. The highest BCUT2D eigenvalue weighted by atomic mass is 15.2. The van der Waals surface area contributed by atoms with Crippen LogP contribution in [0.15, 0.2) is 0 Å². The van der Waals surface area contributed by atoms with E-state index in [9.17, 15) is 0 Å². The minimum absolute atomic E-state index is 0.410. The lowest BCUT2D eigenvalue weighted by Gasteiger charge is -2.30. The molecule has 1 fully saturated rings. The van der Waals surface area contributed by atoms with Gasteiger partial charge in [-0.1, -0.05) is 27.7 Å². The van der Waals surface area contributed by atoms with Crippen molar-refractivity contribution >= 4 is 0 Å². The first-order valence-electron chi connectivity index (χ1n) is 6.40. The summed E-state index contributed by atoms with van der Waals surface area (Å²) in [5.74, 6) is 0.672. The SMILES string of the molecule is CCN(CC(CN)CC(C)(C)C)C1CC1. The molecule has 0 aliphatic heterocycles. The average Bonchev–Trinajstić information content (AvgIpc) is 2.93. The molecule has 2 N–H and O–H groups in total. The molecule has 1 rings (SSSR count). The van der Waals surface area contributed by atoms with E-state index in [0.717, 1.165) is 12.6 Å². The number of nitrogens with zero attached hydrogens (tertiary/aromatic N) is 1. The molecule has 1 atom stereocenters. The maximum atomic E-state index is 5.88. The fourth-order valence-corrected chi connectivity index (χ4v) is 2.40. The zero-order chi connectivity index (χ0) is 11.5. The minimum atomic E-state index is 0.410. The lowest BCUT2D eigenvalue weighted by molar-refractivity contribution is 0.194. The van der Waals surface area contributed by atoms with Crippen LogP contribution in [-0.4, -0.2) is 30.6 Å². The highest BCUT2D eigenvalue weighted by Gasteiger charge is 2.30. The van der Waals surface area contributed by atoms with E-state index in [1.54, 1.807) is 0 Å². The molecule has 1 aliphatic carbocycles. The van der Waals surface area contributed by atoms with E-state index in [1.807, 2.05) is 0 Å². The summed E-state index contributed by atoms with van der Waals surface area (Å²) in [6.07, 6.45) is 4.05. The van der Waals surface area contributed by atoms with Gasteiger partial charge >= 0.3 is 0 Å². The van der Waals surface area contributed by atoms with Crippen LogP contribution in [0.1, 0.15) is 47.0 Å². The standard InChI is InChI=1S/C13H28N2/c1-5-15(12-6-7-12)10-11(9-14)8-13(2,3)4/h11-12H,5-10,14H2,1-4H3. The van der Waals surface area contributed by atoms with E-state index in [1.165, 1.54) is 32.4 Å². The van der Waals surface area contributed by atoms with Gasteiger partial charge in [-0.25, -0.2) is 0 Å². The van der Waals surface area contributed by atoms with Crippen LogP contribution in [0.25, 0.3) is 0 Å². The summed E-state index contributed by atoms with van der Waals surface area (Å²) in [6.45, 7) is 12.4. The highest BCUT2D eigenvalue weighted by molar-refractivity contribution is 4.85. The maximum absolute atomic E-state index is 5.88. The Kier molecular flexibility index (Phi) is 4.60. The van der Waals surface area contributed by atoms with Gasteiger partial charge in [0.1, 0.15) is 0 Å². The normalized spacial score (nSPS) is 19.6. The van der Waals surface area contributed by atoms with Gasteiger partial charge in [-0.2, -0.15) is 0 Å². The van der Waals surface area contributed by atoms with Crippen molar-refractivity contribution in [3.05, 3.63) is 0 Å². The minimum Gasteiger partial charge on any atom is -0.330 e. The van der Waals surface area contributed by atoms with E-state index in [2.05, 4.69) is 32.6 Å². The Morgan fingerprint density at radius 3 is 2.27 bits per heavy atom. The Morgan fingerprint density at radius 2 is 1.93 bits per heavy atom. The third-order valence-electron chi connectivity index (χ3n) is 3.20. The first kappa shape index (κ1) is 13.0. The van der Waals surface area contributed by atoms with Crippen molar-refractivity contribution in [1.29, 1.82) is 0 Å². The first-order valence-corrected chi connectivity index (χ1v) is 6.40. The van der Waals surface area contributed by atoms with Gasteiger partial charge in [0, 0.05) is 12.6 Å². The van der Waals surface area contributed by atoms with Gasteiger partial charge < -0.3 is 10.6 Å². The maximum Gasteiger partial charge on any atom is 0.00964 e. The second-order valence-electron chi connectivity index (χ2n) is 6.19. The first-order chi connectivity index (χ1) is 6.96. The summed E-state index contributed by atoms with van der Waals surface area (Å²) in [7, 11) is 0. The third-order valence-corrected chi connectivity index (χ3v) is 3.20. The van der Waals surface area contributed by atoms with Crippen molar-refractivity contribution in [2.45, 2.75) is 53.0 Å². The molecule has 0 bridgehead atoms. The molecule has 1 saturated carbocycles. The van der Waals surface area contributed by atoms with E-state index in [4.69, 9.17) is 5.73 Å². The number of rotatable bonds is 6. The molecule has 0 heterocycles. The molecule has 0 saturated heterocycles. The Hall–Kier alpha value is -0.0800. The predicted molar refractivity (Wildman–Crippen MR) is 66.9 cm³/mol. The van der Waals surface area contributed by atoms with Crippen molar-refractivity contribution in [1.82, 2.24) is 4.90 Å². The number of hydrogen-bond acceptors (Lipinski definition) is 2. The van der Waals surface area contributed by atoms with Gasteiger partial charge in [-0.3, -0.25) is 0 Å². The van der Waals surface area contributed by atoms with E-state index < -0.39 is 0 Å². The molecule has 2 heteroatoms. The van der Waals surface area contributed by atoms with Crippen molar-refractivity contribution in [3.63, 3.8) is 0 Å². The van der Waals surface area contributed by atoms with Crippen molar-refractivity contribution in [3.8, 4) is 0 Å². The fraction of sp³-hybridized carbons (Fsp3) is 1.00. The largest absolute Gasteiger partial charge is 0.330 e. The van der Waals surface area contributed by atoms with Crippen LogP contribution in [0.3, 0.4) is 0 Å². The van der Waals surface area contributed by atoms with Gasteiger partial charge in [0.05, 0.1) is 0 Å². The molecule has 1 unspecified atom stereocenters. The Balaban J connectivity index is 2.37. The summed E-state index contributed by atoms with van der Waals surface area (Å²) in [5, 5.41) is 0. The summed E-state index contributed by atoms with van der Waals surface area (Å²) in [6, 6.07) is 0.879. The molecule has 1 aliphatic rings. The van der Waals surface area contributed by atoms with Crippen LogP contribution in [0.2, 0.25) is 0 Å². The zero-order valence-electron chi connectivity index (χ0n) is 10.9. The smallest absolute Gasteiger partial charge is 0.00964 e. The van der Waals surface area contributed by atoms with Crippen molar-refractivity contribution in [2.75, 3.05) is 19.6 Å². The van der Waals surface area contributed by atoms with E-state index in [0.29, 0.717) is 11.3 Å². The van der Waals surface area contributed by atoms with Crippen LogP contribution in [0.4, 0.5) is 0 Å². The summed E-state index contributed by atoms with van der Waals surface area (Å²) < 4.78 is 0. The lowest BCUT2D eigenvalue weighted by atomic mass is 9.84. The summed E-state index contributed by atoms with van der Waals surface area (Å²) >= 11 is 0. The molecule has 0 amide bonds. The Labute approximate surface area is 95.2 Å². The second kappa shape index (κ2) is 5.31. The molecule has 90 valence electrons. The van der Waals surface area contributed by atoms with E-state index >= 15 is 0 Å². The molecular formula is C13H28N2. The zero-order valence-corrected chi connectivity index (χ0v) is 10.9. The Bertz CT molecular complexity index is 179. The quantitative estimate of drug-likeness (QED) is 0.733. The third kappa shape index (κ3) is 4.98. The molecule has 0 aromatic carbocycles. The molecule has 0 aromatic rings. The highest BCUT2D eigenvalue weighted by Crippen LogP contribution is 2.30. The van der Waals surface area contributed by atoms with Crippen LogP contribution < -0.4 is 5.73 Å². The van der Waals surface area contributed by atoms with Crippen LogP contribution in [0, 0.1) is 11.3 Å². The lowest BCUT2D eigenvalue weighted by Crippen LogP contribution is -2.36. The topological polar surface area (TPSA) is 29.3 Å². The van der Waals surface area contributed by atoms with Gasteiger partial charge in [-0.05, 0) is 43.7 Å². The number of hydrogen-bond donors (Lipinski definition) is 1. The number of nitrogens with two attached hydrogens (primary N) is 1. The molecule has 0 radical (unpaired) electrons. The summed E-state index contributed by atoms with van der Waals surface area (Å²) in [4.78, 5) is 2.61. The van der Waals surface area contributed by atoms with Gasteiger partial charge in [0.15, 0.2) is 0 Å². The van der Waals surface area contributed by atoms with Gasteiger partial charge in [0.25, 0.3) is 0 Å². The molecule has 15 heavy (non-hydrogen) atoms. The van der Waals surface area contributed by atoms with Crippen LogP contribution >= 0.6 is 0 Å². The van der Waals surface area contributed by atoms with Crippen molar-refractivity contribution < 1.29 is 0 Å².